The lowest BCUT2D eigenvalue weighted by molar-refractivity contribution is 0.728. The van der Waals surface area contributed by atoms with Crippen LogP contribution in [0.25, 0.3) is 49.7 Å². The first-order chi connectivity index (χ1) is 34.7. The number of nitrogens with zero attached hydrogens (tertiary/aromatic N) is 3. The Labute approximate surface area is 409 Å². The minimum absolute atomic E-state index is 0.613. The van der Waals surface area contributed by atoms with Crippen LogP contribution in [0, 0.1) is 0 Å². The second-order valence-electron chi connectivity index (χ2n) is 18.1. The van der Waals surface area contributed by atoms with Crippen LogP contribution in [0.1, 0.15) is 22.3 Å². The Balaban J connectivity index is 0.897. The molecule has 0 saturated heterocycles. The number of fused-ring (bicyclic) bond motifs is 5. The first-order valence-electron chi connectivity index (χ1n) is 24.1. The van der Waals surface area contributed by atoms with Crippen molar-refractivity contribution in [3.63, 3.8) is 0 Å². The van der Waals surface area contributed by atoms with Crippen LogP contribution in [0.2, 0.25) is 0 Å². The molecule has 70 heavy (non-hydrogen) atoms. The number of aromatic nitrogens is 1. The third-order valence-corrected chi connectivity index (χ3v) is 14.2. The summed E-state index contributed by atoms with van der Waals surface area (Å²) in [7, 11) is 0. The van der Waals surface area contributed by atoms with Gasteiger partial charge in [-0.25, -0.2) is 0 Å². The van der Waals surface area contributed by atoms with Gasteiger partial charge in [0, 0.05) is 44.9 Å². The number of para-hydroxylation sites is 5. The summed E-state index contributed by atoms with van der Waals surface area (Å²) in [6.07, 6.45) is 0. The third-order valence-electron chi connectivity index (χ3n) is 14.2. The second kappa shape index (κ2) is 17.2. The summed E-state index contributed by atoms with van der Waals surface area (Å²) in [5.74, 6) is 0. The predicted molar refractivity (Wildman–Crippen MR) is 293 cm³/mol. The molecule has 13 rings (SSSR count). The average molecular weight is 894 g/mol. The Hall–Kier alpha value is -9.18. The molecule has 1 unspecified atom stereocenters. The van der Waals surface area contributed by atoms with Crippen molar-refractivity contribution < 1.29 is 0 Å². The molecular formula is C67H47N3. The molecule has 1 aliphatic rings. The van der Waals surface area contributed by atoms with E-state index in [4.69, 9.17) is 0 Å². The smallest absolute Gasteiger partial charge is 0.0743 e. The van der Waals surface area contributed by atoms with Gasteiger partial charge in [0.1, 0.15) is 0 Å². The molecule has 3 nitrogen and oxygen atoms in total. The molecule has 0 bridgehead atoms. The molecule has 11 aromatic carbocycles. The maximum atomic E-state index is 2.50. The van der Waals surface area contributed by atoms with Crippen molar-refractivity contribution in [2.45, 2.75) is 5.41 Å². The summed E-state index contributed by atoms with van der Waals surface area (Å²) in [6.45, 7) is 0. The molecule has 0 fully saturated rings. The Morgan fingerprint density at radius 1 is 0.271 bits per heavy atom. The Kier molecular flexibility index (Phi) is 10.1. The minimum atomic E-state index is -0.613. The van der Waals surface area contributed by atoms with Crippen LogP contribution >= 0.6 is 0 Å². The van der Waals surface area contributed by atoms with E-state index >= 15 is 0 Å². The van der Waals surface area contributed by atoms with Gasteiger partial charge < -0.3 is 14.4 Å². The van der Waals surface area contributed by atoms with Gasteiger partial charge in [-0.2, -0.15) is 0 Å². The molecular weight excluding hydrogens is 847 g/mol. The molecule has 0 saturated carbocycles. The highest BCUT2D eigenvalue weighted by atomic mass is 15.1. The minimum Gasteiger partial charge on any atom is -0.311 e. The number of hydrogen-bond acceptors (Lipinski definition) is 2. The molecule has 1 aromatic heterocycles. The van der Waals surface area contributed by atoms with Crippen molar-refractivity contribution in [2.24, 2.45) is 0 Å². The van der Waals surface area contributed by atoms with E-state index in [0.717, 1.165) is 45.3 Å². The van der Waals surface area contributed by atoms with Crippen molar-refractivity contribution >= 4 is 55.9 Å². The summed E-state index contributed by atoms with van der Waals surface area (Å²) >= 11 is 0. The van der Waals surface area contributed by atoms with Gasteiger partial charge in [-0.3, -0.25) is 0 Å². The highest BCUT2D eigenvalue weighted by Gasteiger charge is 2.45. The van der Waals surface area contributed by atoms with Gasteiger partial charge in [0.2, 0.25) is 0 Å². The zero-order chi connectivity index (χ0) is 46.4. The lowest BCUT2D eigenvalue weighted by Crippen LogP contribution is -2.35. The van der Waals surface area contributed by atoms with Crippen molar-refractivity contribution in [1.29, 1.82) is 0 Å². The van der Waals surface area contributed by atoms with Crippen LogP contribution in [-0.2, 0) is 5.41 Å². The highest BCUT2D eigenvalue weighted by Crippen LogP contribution is 2.55. The molecule has 0 N–H and O–H groups in total. The van der Waals surface area contributed by atoms with Gasteiger partial charge in [-0.15, -0.1) is 0 Å². The molecule has 3 heteroatoms. The largest absolute Gasteiger partial charge is 0.311 e. The third kappa shape index (κ3) is 6.74. The lowest BCUT2D eigenvalue weighted by Gasteiger charge is -2.42. The van der Waals surface area contributed by atoms with Crippen molar-refractivity contribution in [3.05, 3.63) is 307 Å². The highest BCUT2D eigenvalue weighted by molar-refractivity contribution is 6.12. The van der Waals surface area contributed by atoms with Gasteiger partial charge >= 0.3 is 0 Å². The van der Waals surface area contributed by atoms with Crippen LogP contribution in [0.15, 0.2) is 285 Å². The molecule has 0 aliphatic carbocycles. The molecule has 12 aromatic rings. The fraction of sp³-hybridized carbons (Fsp3) is 0.0149. The molecule has 1 aliphatic heterocycles. The fourth-order valence-corrected chi connectivity index (χ4v) is 11.1. The zero-order valence-electron chi connectivity index (χ0n) is 38.5. The fourth-order valence-electron chi connectivity index (χ4n) is 11.1. The normalized spacial score (nSPS) is 13.8. The number of benzene rings is 11. The van der Waals surface area contributed by atoms with Gasteiger partial charge in [-0.05, 0) is 129 Å². The second-order valence-corrected chi connectivity index (χ2v) is 18.1. The van der Waals surface area contributed by atoms with E-state index in [2.05, 4.69) is 299 Å². The standard InChI is InChI=1S/C67H47N3/c1-5-19-48(20-6-1)49-35-41-56(42-36-49)68(54-24-9-3-10-25-54)57-43-37-50(38-44-57)51-39-45-58(46-40-51)69(55-26-11-4-12-27-55)59-28-17-23-53(47-59)67(52-21-7-2-8-22-52)62-31-14-16-34-65(62)70-64-33-15-13-29-60(64)61-30-18-32-63(67)66(61)70/h1-47H. The van der Waals surface area contributed by atoms with E-state index in [-0.39, 0.29) is 0 Å². The first-order valence-corrected chi connectivity index (χ1v) is 24.1. The maximum Gasteiger partial charge on any atom is 0.0743 e. The summed E-state index contributed by atoms with van der Waals surface area (Å²) in [6, 6.07) is 104. The Morgan fingerprint density at radius 3 is 1.27 bits per heavy atom. The van der Waals surface area contributed by atoms with Crippen molar-refractivity contribution in [2.75, 3.05) is 9.80 Å². The summed E-state index contributed by atoms with van der Waals surface area (Å²) in [5.41, 5.74) is 19.3. The van der Waals surface area contributed by atoms with Crippen LogP contribution in [0.4, 0.5) is 34.1 Å². The molecule has 0 radical (unpaired) electrons. The quantitative estimate of drug-likeness (QED) is 0.136. The van der Waals surface area contributed by atoms with E-state index in [1.807, 2.05) is 0 Å². The van der Waals surface area contributed by atoms with Gasteiger partial charge in [0.15, 0.2) is 0 Å². The van der Waals surface area contributed by atoms with E-state index in [1.165, 1.54) is 60.9 Å². The van der Waals surface area contributed by atoms with Crippen molar-refractivity contribution in [1.82, 2.24) is 4.57 Å². The molecule has 0 spiro atoms. The molecule has 0 amide bonds. The summed E-state index contributed by atoms with van der Waals surface area (Å²) < 4.78 is 2.50. The Bertz CT molecular complexity index is 3790. The number of hydrogen-bond donors (Lipinski definition) is 0. The lowest BCUT2D eigenvalue weighted by atomic mass is 9.63. The van der Waals surface area contributed by atoms with Crippen molar-refractivity contribution in [3.8, 4) is 27.9 Å². The van der Waals surface area contributed by atoms with Crippen LogP contribution in [0.5, 0.6) is 0 Å². The summed E-state index contributed by atoms with van der Waals surface area (Å²) in [5, 5.41) is 2.53. The summed E-state index contributed by atoms with van der Waals surface area (Å²) in [4.78, 5) is 4.71. The average Bonchev–Trinajstić information content (AvgIpc) is 3.78. The van der Waals surface area contributed by atoms with E-state index in [1.54, 1.807) is 0 Å². The molecule has 330 valence electrons. The number of anilines is 6. The zero-order valence-corrected chi connectivity index (χ0v) is 38.5. The van der Waals surface area contributed by atoms with E-state index < -0.39 is 5.41 Å². The Morgan fingerprint density at radius 2 is 0.671 bits per heavy atom. The molecule has 2 heterocycles. The van der Waals surface area contributed by atoms with Crippen LogP contribution in [0.3, 0.4) is 0 Å². The van der Waals surface area contributed by atoms with Gasteiger partial charge in [-0.1, -0.05) is 200 Å². The van der Waals surface area contributed by atoms with Crippen LogP contribution in [-0.4, -0.2) is 4.57 Å². The maximum absolute atomic E-state index is 2.50. The van der Waals surface area contributed by atoms with E-state index in [9.17, 15) is 0 Å². The SMILES string of the molecule is c1ccc(-c2ccc(N(c3ccccc3)c3ccc(-c4ccc(N(c5ccccc5)c5cccc(C6(c7ccccc7)c7ccccc7-n7c8ccccc8c8cccc6c87)c5)cc4)cc3)cc2)cc1. The topological polar surface area (TPSA) is 11.4 Å². The van der Waals surface area contributed by atoms with E-state index in [0.29, 0.717) is 0 Å². The van der Waals surface area contributed by atoms with Gasteiger partial charge in [0.05, 0.1) is 22.1 Å². The number of rotatable bonds is 10. The van der Waals surface area contributed by atoms with Gasteiger partial charge in [0.25, 0.3) is 0 Å². The predicted octanol–water partition coefficient (Wildman–Crippen LogP) is 17.8. The first kappa shape index (κ1) is 41.0. The molecule has 1 atom stereocenters. The van der Waals surface area contributed by atoms with Crippen LogP contribution < -0.4 is 9.80 Å². The monoisotopic (exact) mass is 893 g/mol.